The van der Waals surface area contributed by atoms with E-state index in [2.05, 4.69) is 5.32 Å². The van der Waals surface area contributed by atoms with Crippen LogP contribution in [0.3, 0.4) is 0 Å². The Labute approximate surface area is 123 Å². The van der Waals surface area contributed by atoms with Crippen molar-refractivity contribution >= 4 is 29.1 Å². The van der Waals surface area contributed by atoms with E-state index in [1.165, 1.54) is 0 Å². The van der Waals surface area contributed by atoms with Crippen molar-refractivity contribution in [3.05, 3.63) is 28.2 Å². The lowest BCUT2D eigenvalue weighted by molar-refractivity contribution is -0.128. The number of amides is 1. The second-order valence-corrected chi connectivity index (χ2v) is 5.73. The molecule has 0 heterocycles. The molecule has 1 amide bonds. The van der Waals surface area contributed by atoms with E-state index in [1.54, 1.807) is 25.1 Å². The fraction of sp³-hybridized carbons (Fsp3) is 0.462. The van der Waals surface area contributed by atoms with Crippen LogP contribution in [0.1, 0.15) is 20.8 Å². The number of nitrogens with one attached hydrogen (secondary N) is 1. The zero-order valence-corrected chi connectivity index (χ0v) is 12.7. The molecule has 0 radical (unpaired) electrons. The van der Waals surface area contributed by atoms with Gasteiger partial charge in [-0.1, -0.05) is 23.2 Å². The molecule has 0 saturated heterocycles. The maximum atomic E-state index is 11.9. The first-order chi connectivity index (χ1) is 8.75. The van der Waals surface area contributed by atoms with Crippen molar-refractivity contribution < 1.29 is 9.53 Å². The minimum Gasteiger partial charge on any atom is -0.481 e. The summed E-state index contributed by atoms with van der Waals surface area (Å²) < 4.78 is 5.51. The number of rotatable bonds is 5. The Kier molecular flexibility index (Phi) is 5.47. The van der Waals surface area contributed by atoms with Gasteiger partial charge in [-0.15, -0.1) is 0 Å². The van der Waals surface area contributed by atoms with E-state index in [4.69, 9.17) is 33.7 Å². The molecule has 0 aromatic heterocycles. The standard InChI is InChI=1S/C13H18Cl2N2O2/c1-8(12(18)17-13(2,3)7-16)19-9-4-5-10(14)11(15)6-9/h4-6,8H,7,16H2,1-3H3,(H,17,18). The van der Waals surface area contributed by atoms with Crippen molar-refractivity contribution in [2.24, 2.45) is 5.73 Å². The minimum atomic E-state index is -0.650. The molecule has 0 spiro atoms. The van der Waals surface area contributed by atoms with Crippen LogP contribution in [-0.4, -0.2) is 24.1 Å². The van der Waals surface area contributed by atoms with E-state index in [0.717, 1.165) is 0 Å². The lowest BCUT2D eigenvalue weighted by Gasteiger charge is -2.26. The topological polar surface area (TPSA) is 64.3 Å². The summed E-state index contributed by atoms with van der Waals surface area (Å²) in [7, 11) is 0. The van der Waals surface area contributed by atoms with Crippen LogP contribution in [0, 0.1) is 0 Å². The van der Waals surface area contributed by atoms with Crippen molar-refractivity contribution in [3.8, 4) is 5.75 Å². The summed E-state index contributed by atoms with van der Waals surface area (Å²) in [6.07, 6.45) is -0.650. The number of hydrogen-bond acceptors (Lipinski definition) is 3. The Morgan fingerprint density at radius 1 is 1.42 bits per heavy atom. The van der Waals surface area contributed by atoms with Gasteiger partial charge in [0.15, 0.2) is 6.10 Å². The maximum absolute atomic E-state index is 11.9. The van der Waals surface area contributed by atoms with E-state index in [9.17, 15) is 4.79 Å². The average Bonchev–Trinajstić information content (AvgIpc) is 2.33. The van der Waals surface area contributed by atoms with E-state index in [0.29, 0.717) is 22.3 Å². The van der Waals surface area contributed by atoms with Gasteiger partial charge in [0.2, 0.25) is 0 Å². The Bertz CT molecular complexity index is 464. The lowest BCUT2D eigenvalue weighted by atomic mass is 10.1. The molecule has 0 saturated carbocycles. The van der Waals surface area contributed by atoms with Gasteiger partial charge in [0.1, 0.15) is 5.75 Å². The highest BCUT2D eigenvalue weighted by Gasteiger charge is 2.23. The fourth-order valence-corrected chi connectivity index (χ4v) is 1.58. The van der Waals surface area contributed by atoms with Crippen LogP contribution in [0.4, 0.5) is 0 Å². The molecule has 4 nitrogen and oxygen atoms in total. The van der Waals surface area contributed by atoms with Gasteiger partial charge >= 0.3 is 0 Å². The minimum absolute atomic E-state index is 0.235. The van der Waals surface area contributed by atoms with Crippen molar-refractivity contribution in [1.82, 2.24) is 5.32 Å². The van der Waals surface area contributed by atoms with Gasteiger partial charge in [0, 0.05) is 18.2 Å². The normalized spacial score (nSPS) is 12.9. The molecule has 19 heavy (non-hydrogen) atoms. The summed E-state index contributed by atoms with van der Waals surface area (Å²) in [5.41, 5.74) is 5.09. The van der Waals surface area contributed by atoms with Crippen molar-refractivity contribution in [2.45, 2.75) is 32.4 Å². The molecule has 1 aromatic carbocycles. The first-order valence-electron chi connectivity index (χ1n) is 5.89. The monoisotopic (exact) mass is 304 g/mol. The number of hydrogen-bond donors (Lipinski definition) is 2. The van der Waals surface area contributed by atoms with Crippen LogP contribution in [0.5, 0.6) is 5.75 Å². The number of halogens is 2. The molecule has 1 aromatic rings. The molecule has 106 valence electrons. The predicted octanol–water partition coefficient (Wildman–Crippen LogP) is 2.61. The van der Waals surface area contributed by atoms with E-state index in [1.807, 2.05) is 13.8 Å². The molecule has 6 heteroatoms. The highest BCUT2D eigenvalue weighted by molar-refractivity contribution is 6.42. The number of nitrogens with two attached hydrogens (primary N) is 1. The van der Waals surface area contributed by atoms with Gasteiger partial charge in [-0.05, 0) is 32.9 Å². The van der Waals surface area contributed by atoms with Crippen LogP contribution in [0.15, 0.2) is 18.2 Å². The van der Waals surface area contributed by atoms with Crippen LogP contribution in [0.25, 0.3) is 0 Å². The molecule has 1 rings (SSSR count). The zero-order valence-electron chi connectivity index (χ0n) is 11.2. The van der Waals surface area contributed by atoms with Gasteiger partial charge in [0.05, 0.1) is 10.0 Å². The molecule has 0 aliphatic rings. The van der Waals surface area contributed by atoms with Crippen molar-refractivity contribution in [2.75, 3.05) is 6.54 Å². The van der Waals surface area contributed by atoms with Crippen molar-refractivity contribution in [1.29, 1.82) is 0 Å². The Morgan fingerprint density at radius 3 is 2.58 bits per heavy atom. The summed E-state index contributed by atoms with van der Waals surface area (Å²) in [6, 6.07) is 4.85. The summed E-state index contributed by atoms with van der Waals surface area (Å²) >= 11 is 11.7. The molecule has 3 N–H and O–H groups in total. The molecular weight excluding hydrogens is 287 g/mol. The Morgan fingerprint density at radius 2 is 2.05 bits per heavy atom. The number of carbonyl (C=O) groups is 1. The third kappa shape index (κ3) is 4.90. The average molecular weight is 305 g/mol. The molecule has 0 aliphatic carbocycles. The summed E-state index contributed by atoms with van der Waals surface area (Å²) in [4.78, 5) is 11.9. The van der Waals surface area contributed by atoms with Gasteiger partial charge in [-0.3, -0.25) is 4.79 Å². The van der Waals surface area contributed by atoms with Crippen molar-refractivity contribution in [3.63, 3.8) is 0 Å². The molecular formula is C13H18Cl2N2O2. The number of ether oxygens (including phenoxy) is 1. The maximum Gasteiger partial charge on any atom is 0.261 e. The lowest BCUT2D eigenvalue weighted by Crippen LogP contribution is -2.52. The highest BCUT2D eigenvalue weighted by Crippen LogP contribution is 2.26. The summed E-state index contributed by atoms with van der Waals surface area (Å²) in [5.74, 6) is 0.254. The summed E-state index contributed by atoms with van der Waals surface area (Å²) in [6.45, 7) is 5.69. The molecule has 0 fully saturated rings. The zero-order chi connectivity index (χ0) is 14.6. The van der Waals surface area contributed by atoms with E-state index in [-0.39, 0.29) is 5.91 Å². The van der Waals surface area contributed by atoms with Gasteiger partial charge in [-0.2, -0.15) is 0 Å². The highest BCUT2D eigenvalue weighted by atomic mass is 35.5. The Hall–Kier alpha value is -0.970. The van der Waals surface area contributed by atoms with Crippen LogP contribution >= 0.6 is 23.2 Å². The smallest absolute Gasteiger partial charge is 0.261 e. The fourth-order valence-electron chi connectivity index (χ4n) is 1.29. The van der Waals surface area contributed by atoms with E-state index >= 15 is 0 Å². The van der Waals surface area contributed by atoms with Gasteiger partial charge < -0.3 is 15.8 Å². The molecule has 0 bridgehead atoms. The first-order valence-corrected chi connectivity index (χ1v) is 6.64. The SMILES string of the molecule is CC(Oc1ccc(Cl)c(Cl)c1)C(=O)NC(C)(C)CN. The third-order valence-electron chi connectivity index (χ3n) is 2.55. The van der Waals surface area contributed by atoms with Crippen LogP contribution in [0.2, 0.25) is 10.0 Å². The first kappa shape index (κ1) is 16.1. The third-order valence-corrected chi connectivity index (χ3v) is 3.28. The number of benzene rings is 1. The van der Waals surface area contributed by atoms with Crippen LogP contribution < -0.4 is 15.8 Å². The van der Waals surface area contributed by atoms with E-state index < -0.39 is 11.6 Å². The second-order valence-electron chi connectivity index (χ2n) is 4.91. The Balaban J connectivity index is 2.66. The summed E-state index contributed by atoms with van der Waals surface area (Å²) in [5, 5.41) is 3.63. The molecule has 1 atom stereocenters. The predicted molar refractivity (Wildman–Crippen MR) is 77.8 cm³/mol. The van der Waals surface area contributed by atoms with Gasteiger partial charge in [0.25, 0.3) is 5.91 Å². The quantitative estimate of drug-likeness (QED) is 0.879. The molecule has 1 unspecified atom stereocenters. The second kappa shape index (κ2) is 6.46. The largest absolute Gasteiger partial charge is 0.481 e. The number of carbonyl (C=O) groups excluding carboxylic acids is 1. The molecule has 0 aliphatic heterocycles. The van der Waals surface area contributed by atoms with Crippen LogP contribution in [-0.2, 0) is 4.79 Å². The van der Waals surface area contributed by atoms with Gasteiger partial charge in [-0.25, -0.2) is 0 Å².